The number of imide groups is 1. The molecule has 8 heteroatoms. The van der Waals surface area contributed by atoms with E-state index in [1.165, 1.54) is 18.2 Å². The Labute approximate surface area is 136 Å². The van der Waals surface area contributed by atoms with Crippen molar-refractivity contribution in [3.8, 4) is 0 Å². The zero-order chi connectivity index (χ0) is 16.8. The second-order valence-corrected chi connectivity index (χ2v) is 4.67. The van der Waals surface area contributed by atoms with Crippen LogP contribution in [0.3, 0.4) is 0 Å². The minimum atomic E-state index is -0.823. The first kappa shape index (κ1) is 16.4. The fourth-order valence-corrected chi connectivity index (χ4v) is 2.03. The van der Waals surface area contributed by atoms with Gasteiger partial charge in [-0.3, -0.25) is 25.1 Å². The minimum absolute atomic E-state index is 0.0450. The normalized spacial score (nSPS) is 9.96. The van der Waals surface area contributed by atoms with Gasteiger partial charge in [0.15, 0.2) is 0 Å². The molecule has 2 rings (SSSR count). The monoisotopic (exact) mass is 333 g/mol. The van der Waals surface area contributed by atoms with Gasteiger partial charge in [0, 0.05) is 6.07 Å². The third kappa shape index (κ3) is 3.83. The number of nitrogens with zero attached hydrogens (tertiary/aromatic N) is 2. The van der Waals surface area contributed by atoms with Gasteiger partial charge in [-0.2, -0.15) is 0 Å². The number of anilines is 2. The minimum Gasteiger partial charge on any atom is -0.276 e. The van der Waals surface area contributed by atoms with E-state index in [0.29, 0.717) is 5.69 Å². The van der Waals surface area contributed by atoms with Gasteiger partial charge in [0.2, 0.25) is 5.91 Å². The molecule has 3 amide bonds. The smallest absolute Gasteiger partial charge is 0.276 e. The van der Waals surface area contributed by atoms with Crippen LogP contribution >= 0.6 is 11.6 Å². The third-order valence-electron chi connectivity index (χ3n) is 2.90. The summed E-state index contributed by atoms with van der Waals surface area (Å²) in [5.74, 6) is -1.10. The zero-order valence-corrected chi connectivity index (χ0v) is 12.6. The number of alkyl halides is 1. The molecule has 0 aliphatic rings. The number of rotatable bonds is 4. The molecule has 0 aromatic heterocycles. The van der Waals surface area contributed by atoms with Crippen LogP contribution in [0.4, 0.5) is 21.9 Å². The maximum atomic E-state index is 12.4. The van der Waals surface area contributed by atoms with Crippen LogP contribution in [0.1, 0.15) is 0 Å². The lowest BCUT2D eigenvalue weighted by atomic mass is 10.2. The molecule has 0 aliphatic carbocycles. The number of hydrogen-bond acceptors (Lipinski definition) is 4. The van der Waals surface area contributed by atoms with E-state index < -0.39 is 22.7 Å². The van der Waals surface area contributed by atoms with E-state index in [1.54, 1.807) is 36.4 Å². The topological polar surface area (TPSA) is 92.6 Å². The molecule has 118 valence electrons. The number of benzene rings is 2. The number of carbonyl (C=O) groups is 2. The van der Waals surface area contributed by atoms with Gasteiger partial charge in [-0.15, -0.1) is 11.6 Å². The summed E-state index contributed by atoms with van der Waals surface area (Å²) in [6.45, 7) is 0. The van der Waals surface area contributed by atoms with E-state index in [9.17, 15) is 19.7 Å². The lowest BCUT2D eigenvalue weighted by Gasteiger charge is -2.22. The van der Waals surface area contributed by atoms with Gasteiger partial charge in [-0.05, 0) is 18.2 Å². The maximum Gasteiger partial charge on any atom is 0.333 e. The van der Waals surface area contributed by atoms with Gasteiger partial charge in [0.1, 0.15) is 11.6 Å². The number of urea groups is 1. The van der Waals surface area contributed by atoms with E-state index in [2.05, 4.69) is 5.32 Å². The van der Waals surface area contributed by atoms with Crippen LogP contribution in [0.25, 0.3) is 0 Å². The molecule has 0 fully saturated rings. The van der Waals surface area contributed by atoms with E-state index in [4.69, 9.17) is 11.6 Å². The van der Waals surface area contributed by atoms with E-state index in [-0.39, 0.29) is 11.4 Å². The Morgan fingerprint density at radius 2 is 1.70 bits per heavy atom. The van der Waals surface area contributed by atoms with Crippen molar-refractivity contribution < 1.29 is 14.5 Å². The molecule has 0 atom stereocenters. The highest BCUT2D eigenvalue weighted by molar-refractivity contribution is 6.29. The zero-order valence-electron chi connectivity index (χ0n) is 11.8. The highest BCUT2D eigenvalue weighted by atomic mass is 35.5. The second-order valence-electron chi connectivity index (χ2n) is 4.40. The highest BCUT2D eigenvalue weighted by Gasteiger charge is 2.26. The number of hydrogen-bond donors (Lipinski definition) is 1. The Balaban J connectivity index is 2.53. The van der Waals surface area contributed by atoms with E-state index in [1.807, 2.05) is 0 Å². The summed E-state index contributed by atoms with van der Waals surface area (Å²) in [7, 11) is 0. The molecule has 7 nitrogen and oxygen atoms in total. The van der Waals surface area contributed by atoms with E-state index >= 15 is 0 Å². The number of amides is 3. The SMILES string of the molecule is O=C(CCl)NC(=O)N(c1ccccc1)c1ccccc1[N+](=O)[O-]. The lowest BCUT2D eigenvalue weighted by molar-refractivity contribution is -0.384. The Kier molecular flexibility index (Phi) is 5.27. The van der Waals surface area contributed by atoms with Gasteiger partial charge in [0.05, 0.1) is 10.6 Å². The fraction of sp³-hybridized carbons (Fsp3) is 0.0667. The molecular weight excluding hydrogens is 322 g/mol. The van der Waals surface area contributed by atoms with Crippen LogP contribution in [0.15, 0.2) is 54.6 Å². The van der Waals surface area contributed by atoms with Crippen molar-refractivity contribution >= 4 is 40.6 Å². The third-order valence-corrected chi connectivity index (χ3v) is 3.15. The summed E-state index contributed by atoms with van der Waals surface area (Å²) in [6.07, 6.45) is 0. The summed E-state index contributed by atoms with van der Waals surface area (Å²) in [5.41, 5.74) is 0.162. The van der Waals surface area contributed by atoms with Crippen molar-refractivity contribution in [2.75, 3.05) is 10.8 Å². The van der Waals surface area contributed by atoms with Crippen molar-refractivity contribution in [1.82, 2.24) is 5.32 Å². The number of nitro groups is 1. The molecular formula is C15H12ClN3O4. The number of halogens is 1. The molecule has 0 saturated heterocycles. The Morgan fingerprint density at radius 3 is 2.30 bits per heavy atom. The molecule has 1 N–H and O–H groups in total. The highest BCUT2D eigenvalue weighted by Crippen LogP contribution is 2.33. The van der Waals surface area contributed by atoms with Crippen LogP contribution in [0.5, 0.6) is 0 Å². The molecule has 2 aromatic carbocycles. The molecule has 0 bridgehead atoms. The molecule has 2 aromatic rings. The summed E-state index contributed by atoms with van der Waals surface area (Å²) in [4.78, 5) is 35.5. The number of nitrogens with one attached hydrogen (secondary N) is 1. The van der Waals surface area contributed by atoms with Gasteiger partial charge in [0.25, 0.3) is 5.69 Å². The van der Waals surface area contributed by atoms with Gasteiger partial charge in [-0.25, -0.2) is 4.79 Å². The molecule has 0 saturated carbocycles. The van der Waals surface area contributed by atoms with Crippen molar-refractivity contribution in [3.05, 3.63) is 64.7 Å². The first-order valence-corrected chi connectivity index (χ1v) is 7.06. The quantitative estimate of drug-likeness (QED) is 0.528. The first-order valence-electron chi connectivity index (χ1n) is 6.53. The van der Waals surface area contributed by atoms with Gasteiger partial charge < -0.3 is 0 Å². The van der Waals surface area contributed by atoms with Crippen molar-refractivity contribution in [2.24, 2.45) is 0 Å². The van der Waals surface area contributed by atoms with Crippen LogP contribution in [-0.4, -0.2) is 22.7 Å². The average molecular weight is 334 g/mol. The molecule has 0 heterocycles. The second kappa shape index (κ2) is 7.37. The van der Waals surface area contributed by atoms with Crippen molar-refractivity contribution in [1.29, 1.82) is 0 Å². The summed E-state index contributed by atoms with van der Waals surface area (Å²) in [6, 6.07) is 13.2. The molecule has 0 unspecified atom stereocenters. The Hall–Kier alpha value is -2.93. The van der Waals surface area contributed by atoms with Crippen LogP contribution in [0.2, 0.25) is 0 Å². The van der Waals surface area contributed by atoms with E-state index in [0.717, 1.165) is 4.90 Å². The van der Waals surface area contributed by atoms with Crippen LogP contribution in [0, 0.1) is 10.1 Å². The number of carbonyl (C=O) groups excluding carboxylic acids is 2. The number of para-hydroxylation sites is 3. The summed E-state index contributed by atoms with van der Waals surface area (Å²) < 4.78 is 0. The molecule has 0 spiro atoms. The lowest BCUT2D eigenvalue weighted by Crippen LogP contribution is -2.41. The van der Waals surface area contributed by atoms with Gasteiger partial charge >= 0.3 is 6.03 Å². The maximum absolute atomic E-state index is 12.4. The van der Waals surface area contributed by atoms with Gasteiger partial charge in [-0.1, -0.05) is 30.3 Å². The standard InChI is InChI=1S/C15H12ClN3O4/c16-10-14(20)17-15(21)18(11-6-2-1-3-7-11)12-8-4-5-9-13(12)19(22)23/h1-9H,10H2,(H,17,20,21). The summed E-state index contributed by atoms with van der Waals surface area (Å²) in [5, 5.41) is 13.3. The van der Waals surface area contributed by atoms with Crippen molar-refractivity contribution in [3.63, 3.8) is 0 Å². The predicted octanol–water partition coefficient (Wildman–Crippen LogP) is 3.21. The predicted molar refractivity (Wildman–Crippen MR) is 85.9 cm³/mol. The average Bonchev–Trinajstić information content (AvgIpc) is 2.56. The molecule has 0 aliphatic heterocycles. The summed E-state index contributed by atoms with van der Waals surface area (Å²) >= 11 is 5.38. The molecule has 0 radical (unpaired) electrons. The fourth-order valence-electron chi connectivity index (χ4n) is 1.96. The Bertz CT molecular complexity index is 737. The van der Waals surface area contributed by atoms with Crippen molar-refractivity contribution in [2.45, 2.75) is 0 Å². The van der Waals surface area contributed by atoms with Crippen LogP contribution < -0.4 is 10.2 Å². The molecule has 23 heavy (non-hydrogen) atoms. The number of nitro benzene ring substituents is 1. The van der Waals surface area contributed by atoms with Crippen LogP contribution in [-0.2, 0) is 4.79 Å². The Morgan fingerprint density at radius 1 is 1.09 bits per heavy atom. The first-order chi connectivity index (χ1) is 11.0. The largest absolute Gasteiger partial charge is 0.333 e.